The van der Waals surface area contributed by atoms with Crippen LogP contribution in [-0.2, 0) is 0 Å². The highest BCUT2D eigenvalue weighted by Gasteiger charge is 2.13. The lowest BCUT2D eigenvalue weighted by Crippen LogP contribution is -2.03. The number of nitrogens with zero attached hydrogens (tertiary/aromatic N) is 2. The highest BCUT2D eigenvalue weighted by Crippen LogP contribution is 2.22. The third-order valence-corrected chi connectivity index (χ3v) is 3.30. The Morgan fingerprint density at radius 3 is 2.73 bits per heavy atom. The smallest absolute Gasteiger partial charge is 0.178 e. The summed E-state index contributed by atoms with van der Waals surface area (Å²) in [6.45, 7) is 5.50. The lowest BCUT2D eigenvalue weighted by Gasteiger charge is -2.07. The van der Waals surface area contributed by atoms with Gasteiger partial charge in [-0.2, -0.15) is 0 Å². The molecule has 0 aromatic carbocycles. The maximum atomic E-state index is 11.4. The van der Waals surface area contributed by atoms with E-state index in [1.54, 1.807) is 13.1 Å². The molecule has 2 aromatic rings. The summed E-state index contributed by atoms with van der Waals surface area (Å²) >= 11 is 3.48. The van der Waals surface area contributed by atoms with Crippen LogP contribution in [0.3, 0.4) is 0 Å². The number of fused-ring (bicyclic) bond motifs is 1. The van der Waals surface area contributed by atoms with Crippen LogP contribution >= 0.6 is 15.9 Å². The van der Waals surface area contributed by atoms with Crippen molar-refractivity contribution in [1.82, 2.24) is 9.38 Å². The quantitative estimate of drug-likeness (QED) is 0.744. The molecule has 0 unspecified atom stereocenters. The fourth-order valence-corrected chi connectivity index (χ4v) is 2.20. The van der Waals surface area contributed by atoms with Crippen molar-refractivity contribution in [2.75, 3.05) is 0 Å². The number of carbonyl (C=O) groups is 1. The van der Waals surface area contributed by atoms with Crippen molar-refractivity contribution in [3.8, 4) is 0 Å². The first kappa shape index (κ1) is 10.4. The number of pyridine rings is 1. The summed E-state index contributed by atoms with van der Waals surface area (Å²) in [5, 5.41) is 0. The first-order valence-electron chi connectivity index (χ1n) is 4.66. The molecule has 0 spiro atoms. The first-order valence-corrected chi connectivity index (χ1v) is 5.45. The zero-order chi connectivity index (χ0) is 11.2. The molecule has 78 valence electrons. The van der Waals surface area contributed by atoms with Gasteiger partial charge in [-0.25, -0.2) is 4.98 Å². The minimum atomic E-state index is 0.0306. The Labute approximate surface area is 96.3 Å². The van der Waals surface area contributed by atoms with Crippen molar-refractivity contribution < 1.29 is 4.79 Å². The van der Waals surface area contributed by atoms with Crippen molar-refractivity contribution in [2.24, 2.45) is 0 Å². The second-order valence-electron chi connectivity index (χ2n) is 3.62. The molecule has 2 heterocycles. The van der Waals surface area contributed by atoms with E-state index >= 15 is 0 Å². The number of hydrogen-bond donors (Lipinski definition) is 0. The number of rotatable bonds is 1. The second-order valence-corrected chi connectivity index (χ2v) is 4.47. The Balaban J connectivity index is 2.95. The van der Waals surface area contributed by atoms with E-state index in [9.17, 15) is 4.79 Å². The molecule has 0 aliphatic heterocycles. The third kappa shape index (κ3) is 1.49. The normalized spacial score (nSPS) is 10.9. The van der Waals surface area contributed by atoms with Gasteiger partial charge in [0, 0.05) is 17.1 Å². The van der Waals surface area contributed by atoms with E-state index in [0.29, 0.717) is 5.69 Å². The SMILES string of the molecule is CC(=O)c1cnc2c(C)cc(Br)c(C)n12. The van der Waals surface area contributed by atoms with Gasteiger partial charge in [-0.3, -0.25) is 9.20 Å². The standard InChI is InChI=1S/C11H11BrN2O/c1-6-4-9(12)7(2)14-10(8(3)15)5-13-11(6)14/h4-5H,1-3H3. The van der Waals surface area contributed by atoms with Crippen molar-refractivity contribution in [3.63, 3.8) is 0 Å². The number of Topliss-reactive ketones (excluding diaryl/α,β-unsaturated/α-hetero) is 1. The summed E-state index contributed by atoms with van der Waals surface area (Å²) in [5.74, 6) is 0.0306. The molecule has 0 saturated heterocycles. The molecular weight excluding hydrogens is 256 g/mol. The molecule has 15 heavy (non-hydrogen) atoms. The van der Waals surface area contributed by atoms with Gasteiger partial charge in [-0.15, -0.1) is 0 Å². The molecule has 3 nitrogen and oxygen atoms in total. The van der Waals surface area contributed by atoms with Crippen LogP contribution < -0.4 is 0 Å². The maximum Gasteiger partial charge on any atom is 0.178 e. The van der Waals surface area contributed by atoms with Gasteiger partial charge in [0.05, 0.1) is 6.20 Å². The number of aryl methyl sites for hydroxylation is 2. The molecule has 0 saturated carbocycles. The molecule has 0 bridgehead atoms. The van der Waals surface area contributed by atoms with Crippen LogP contribution in [0.2, 0.25) is 0 Å². The van der Waals surface area contributed by atoms with Crippen LogP contribution in [0.5, 0.6) is 0 Å². The summed E-state index contributed by atoms with van der Waals surface area (Å²) in [6.07, 6.45) is 1.63. The number of carbonyl (C=O) groups excluding carboxylic acids is 1. The van der Waals surface area contributed by atoms with Crippen LogP contribution in [0, 0.1) is 13.8 Å². The Hall–Kier alpha value is -1.16. The predicted octanol–water partition coefficient (Wildman–Crippen LogP) is 2.92. The van der Waals surface area contributed by atoms with Gasteiger partial charge < -0.3 is 0 Å². The number of hydrogen-bond acceptors (Lipinski definition) is 2. The molecule has 4 heteroatoms. The second kappa shape index (κ2) is 3.45. The lowest BCUT2D eigenvalue weighted by atomic mass is 10.2. The maximum absolute atomic E-state index is 11.4. The zero-order valence-corrected chi connectivity index (χ0v) is 10.4. The molecule has 0 fully saturated rings. The van der Waals surface area contributed by atoms with Crippen LogP contribution in [-0.4, -0.2) is 15.2 Å². The van der Waals surface area contributed by atoms with Gasteiger partial charge in [0.1, 0.15) is 11.3 Å². The van der Waals surface area contributed by atoms with Gasteiger partial charge in [-0.05, 0) is 41.4 Å². The van der Waals surface area contributed by atoms with Crippen molar-refractivity contribution >= 4 is 27.4 Å². The summed E-state index contributed by atoms with van der Waals surface area (Å²) in [4.78, 5) is 15.7. The van der Waals surface area contributed by atoms with Crippen molar-refractivity contribution in [2.45, 2.75) is 20.8 Å². The van der Waals surface area contributed by atoms with Crippen LogP contribution in [0.15, 0.2) is 16.7 Å². The minimum Gasteiger partial charge on any atom is -0.293 e. The van der Waals surface area contributed by atoms with E-state index in [-0.39, 0.29) is 5.78 Å². The molecule has 2 aromatic heterocycles. The highest BCUT2D eigenvalue weighted by atomic mass is 79.9. The fraction of sp³-hybridized carbons (Fsp3) is 0.273. The van der Waals surface area contributed by atoms with Crippen molar-refractivity contribution in [3.05, 3.63) is 33.7 Å². The molecule has 0 radical (unpaired) electrons. The van der Waals surface area contributed by atoms with Gasteiger partial charge in [0.25, 0.3) is 0 Å². The highest BCUT2D eigenvalue weighted by molar-refractivity contribution is 9.10. The Morgan fingerprint density at radius 2 is 2.13 bits per heavy atom. The Bertz CT molecular complexity index is 557. The number of halogens is 1. The van der Waals surface area contributed by atoms with Crippen molar-refractivity contribution in [1.29, 1.82) is 0 Å². The first-order chi connectivity index (χ1) is 7.02. The molecule has 0 aliphatic rings. The monoisotopic (exact) mass is 266 g/mol. The molecule has 0 atom stereocenters. The third-order valence-electron chi connectivity index (χ3n) is 2.50. The Morgan fingerprint density at radius 1 is 1.47 bits per heavy atom. The summed E-state index contributed by atoms with van der Waals surface area (Å²) in [7, 11) is 0. The van der Waals surface area contributed by atoms with Gasteiger partial charge >= 0.3 is 0 Å². The minimum absolute atomic E-state index is 0.0306. The molecule has 0 N–H and O–H groups in total. The van der Waals surface area contributed by atoms with E-state index in [0.717, 1.165) is 21.4 Å². The van der Waals surface area contributed by atoms with E-state index in [2.05, 4.69) is 20.9 Å². The van der Waals surface area contributed by atoms with Crippen LogP contribution in [0.1, 0.15) is 28.7 Å². The van der Waals surface area contributed by atoms with E-state index in [1.807, 2.05) is 24.3 Å². The van der Waals surface area contributed by atoms with Crippen LogP contribution in [0.4, 0.5) is 0 Å². The Kier molecular flexibility index (Phi) is 2.38. The topological polar surface area (TPSA) is 34.4 Å². The zero-order valence-electron chi connectivity index (χ0n) is 8.84. The number of aromatic nitrogens is 2. The molecule has 0 aliphatic carbocycles. The van der Waals surface area contributed by atoms with E-state index < -0.39 is 0 Å². The van der Waals surface area contributed by atoms with Gasteiger partial charge in [0.2, 0.25) is 0 Å². The average Bonchev–Trinajstić information content (AvgIpc) is 2.58. The van der Waals surface area contributed by atoms with Gasteiger partial charge in [0.15, 0.2) is 5.78 Å². The van der Waals surface area contributed by atoms with Crippen LogP contribution in [0.25, 0.3) is 5.65 Å². The molecular formula is C11H11BrN2O. The summed E-state index contributed by atoms with van der Waals surface area (Å²) in [6, 6.07) is 2.02. The van der Waals surface area contributed by atoms with Gasteiger partial charge in [-0.1, -0.05) is 0 Å². The fourth-order valence-electron chi connectivity index (χ4n) is 1.68. The average molecular weight is 267 g/mol. The number of ketones is 1. The number of imidazole rings is 1. The largest absolute Gasteiger partial charge is 0.293 e. The predicted molar refractivity (Wildman–Crippen MR) is 62.4 cm³/mol. The van der Waals surface area contributed by atoms with E-state index in [1.165, 1.54) is 0 Å². The summed E-state index contributed by atoms with van der Waals surface area (Å²) in [5.41, 5.74) is 3.53. The molecule has 0 amide bonds. The van der Waals surface area contributed by atoms with E-state index in [4.69, 9.17) is 0 Å². The molecule has 2 rings (SSSR count). The lowest BCUT2D eigenvalue weighted by molar-refractivity contribution is 0.101. The summed E-state index contributed by atoms with van der Waals surface area (Å²) < 4.78 is 2.88.